The Balaban J connectivity index is 1.60. The number of Topliss-reactive ketones (excluding diaryl/α,β-unsaturated/α-hetero) is 1. The summed E-state index contributed by atoms with van der Waals surface area (Å²) in [6.07, 6.45) is 3.60. The van der Waals surface area contributed by atoms with Crippen LogP contribution in [0.2, 0.25) is 0 Å². The van der Waals surface area contributed by atoms with Crippen LogP contribution in [0, 0.1) is 0 Å². The van der Waals surface area contributed by atoms with Gasteiger partial charge >= 0.3 is 0 Å². The van der Waals surface area contributed by atoms with Crippen LogP contribution in [0.4, 0.5) is 5.69 Å². The Morgan fingerprint density at radius 3 is 2.52 bits per heavy atom. The average Bonchev–Trinajstić information content (AvgIpc) is 3.45. The molecule has 0 aliphatic heterocycles. The van der Waals surface area contributed by atoms with Crippen LogP contribution < -0.4 is 11.1 Å². The van der Waals surface area contributed by atoms with E-state index in [-0.39, 0.29) is 29.8 Å². The van der Waals surface area contributed by atoms with E-state index >= 15 is 0 Å². The highest BCUT2D eigenvalue weighted by molar-refractivity contribution is 7.99. The number of aromatic nitrogens is 3. The molecular weight excluding hydrogens is 390 g/mol. The lowest BCUT2D eigenvalue weighted by molar-refractivity contribution is -0.118. The molecular formula is C20H25N5O3S. The Hall–Kier alpha value is -2.68. The fourth-order valence-electron chi connectivity index (χ4n) is 2.89. The highest BCUT2D eigenvalue weighted by Crippen LogP contribution is 2.40. The molecule has 1 aromatic heterocycles. The Bertz CT molecular complexity index is 890. The first kappa shape index (κ1) is 21.0. The first-order chi connectivity index (χ1) is 14.0. The summed E-state index contributed by atoms with van der Waals surface area (Å²) in [6, 6.07) is 6.87. The summed E-state index contributed by atoms with van der Waals surface area (Å²) in [5, 5.41) is 11.9. The van der Waals surface area contributed by atoms with Crippen LogP contribution in [0.15, 0.2) is 29.4 Å². The van der Waals surface area contributed by atoms with Crippen LogP contribution >= 0.6 is 11.8 Å². The van der Waals surface area contributed by atoms with Crippen LogP contribution in [0.1, 0.15) is 61.1 Å². The van der Waals surface area contributed by atoms with Gasteiger partial charge in [-0.25, -0.2) is 0 Å². The lowest BCUT2D eigenvalue weighted by atomic mass is 10.1. The van der Waals surface area contributed by atoms with Crippen molar-refractivity contribution in [3.05, 3.63) is 35.7 Å². The molecule has 1 aliphatic rings. The van der Waals surface area contributed by atoms with E-state index in [1.54, 1.807) is 24.3 Å². The van der Waals surface area contributed by atoms with Gasteiger partial charge < -0.3 is 15.6 Å². The zero-order valence-electron chi connectivity index (χ0n) is 16.4. The summed E-state index contributed by atoms with van der Waals surface area (Å²) in [7, 11) is 0. The normalized spacial score (nSPS) is 13.3. The first-order valence-corrected chi connectivity index (χ1v) is 10.7. The van der Waals surface area contributed by atoms with Gasteiger partial charge in [0.1, 0.15) is 5.82 Å². The molecule has 3 N–H and O–H groups in total. The molecule has 0 unspecified atom stereocenters. The summed E-state index contributed by atoms with van der Waals surface area (Å²) in [4.78, 5) is 35.4. The van der Waals surface area contributed by atoms with Crippen molar-refractivity contribution in [1.82, 2.24) is 14.8 Å². The Labute approximate surface area is 173 Å². The SMILES string of the molecule is CCCC(=O)Nc1ccc(C(=O)CSc2nnc(C3CC3)n2CCC(N)=O)cc1. The van der Waals surface area contributed by atoms with E-state index in [9.17, 15) is 14.4 Å². The second-order valence-corrected chi connectivity index (χ2v) is 8.01. The minimum atomic E-state index is -0.376. The Kier molecular flexibility index (Phi) is 7.03. The molecule has 1 fully saturated rings. The Morgan fingerprint density at radius 1 is 1.17 bits per heavy atom. The second kappa shape index (κ2) is 9.69. The predicted octanol–water partition coefficient (Wildman–Crippen LogP) is 2.74. The number of benzene rings is 1. The molecule has 1 saturated carbocycles. The number of nitrogens with zero attached hydrogens (tertiary/aromatic N) is 3. The van der Waals surface area contributed by atoms with E-state index in [2.05, 4.69) is 15.5 Å². The van der Waals surface area contributed by atoms with Gasteiger partial charge in [-0.15, -0.1) is 10.2 Å². The standard InChI is InChI=1S/C20H25N5O3S/c1-2-3-18(28)22-15-8-6-13(7-9-15)16(26)12-29-20-24-23-19(14-4-5-14)25(20)11-10-17(21)27/h6-9,14H,2-5,10-12H2,1H3,(H2,21,27)(H,22,28). The van der Waals surface area contributed by atoms with E-state index in [1.807, 2.05) is 11.5 Å². The highest BCUT2D eigenvalue weighted by atomic mass is 32.2. The molecule has 1 aliphatic carbocycles. The van der Waals surface area contributed by atoms with Gasteiger partial charge in [-0.05, 0) is 43.5 Å². The summed E-state index contributed by atoms with van der Waals surface area (Å²) >= 11 is 1.31. The number of carbonyl (C=O) groups excluding carboxylic acids is 3. The molecule has 8 nitrogen and oxygen atoms in total. The van der Waals surface area contributed by atoms with Crippen molar-refractivity contribution in [2.75, 3.05) is 11.1 Å². The number of nitrogens with two attached hydrogens (primary N) is 1. The molecule has 9 heteroatoms. The van der Waals surface area contributed by atoms with Gasteiger partial charge in [-0.2, -0.15) is 0 Å². The number of nitrogens with one attached hydrogen (secondary N) is 1. The summed E-state index contributed by atoms with van der Waals surface area (Å²) in [5.41, 5.74) is 6.52. The van der Waals surface area contributed by atoms with Gasteiger partial charge in [0.25, 0.3) is 0 Å². The van der Waals surface area contributed by atoms with Crippen LogP contribution in [-0.4, -0.2) is 38.1 Å². The van der Waals surface area contributed by atoms with Crippen molar-refractivity contribution in [1.29, 1.82) is 0 Å². The first-order valence-electron chi connectivity index (χ1n) is 9.75. The number of hydrogen-bond acceptors (Lipinski definition) is 6. The molecule has 0 atom stereocenters. The molecule has 1 heterocycles. The summed E-state index contributed by atoms with van der Waals surface area (Å²) in [6.45, 7) is 2.37. The quantitative estimate of drug-likeness (QED) is 0.430. The van der Waals surface area contributed by atoms with Gasteiger partial charge in [0.05, 0.1) is 5.75 Å². The van der Waals surface area contributed by atoms with Crippen molar-refractivity contribution in [3.8, 4) is 0 Å². The maximum atomic E-state index is 12.5. The molecule has 0 saturated heterocycles. The number of rotatable bonds is 11. The summed E-state index contributed by atoms with van der Waals surface area (Å²) < 4.78 is 1.91. The molecule has 2 amide bonds. The van der Waals surface area contributed by atoms with E-state index in [4.69, 9.17) is 5.73 Å². The minimum absolute atomic E-state index is 0.0381. The summed E-state index contributed by atoms with van der Waals surface area (Å²) in [5.74, 6) is 1.01. The van der Waals surface area contributed by atoms with Crippen molar-refractivity contribution >= 4 is 35.0 Å². The molecule has 0 spiro atoms. The molecule has 29 heavy (non-hydrogen) atoms. The minimum Gasteiger partial charge on any atom is -0.370 e. The number of amides is 2. The number of primary amides is 1. The van der Waals surface area contributed by atoms with Gasteiger partial charge in [0.15, 0.2) is 10.9 Å². The fourth-order valence-corrected chi connectivity index (χ4v) is 3.75. The molecule has 3 rings (SSSR count). The third-order valence-electron chi connectivity index (χ3n) is 4.57. The van der Waals surface area contributed by atoms with Gasteiger partial charge in [-0.3, -0.25) is 14.4 Å². The van der Waals surface area contributed by atoms with Crippen LogP contribution in [0.3, 0.4) is 0 Å². The number of thioether (sulfide) groups is 1. The average molecular weight is 416 g/mol. The van der Waals surface area contributed by atoms with E-state index < -0.39 is 0 Å². The zero-order valence-corrected chi connectivity index (χ0v) is 17.2. The fraction of sp³-hybridized carbons (Fsp3) is 0.450. The second-order valence-electron chi connectivity index (χ2n) is 7.07. The molecule has 154 valence electrons. The van der Waals surface area contributed by atoms with Crippen molar-refractivity contribution in [2.24, 2.45) is 5.73 Å². The van der Waals surface area contributed by atoms with Crippen molar-refractivity contribution in [3.63, 3.8) is 0 Å². The number of anilines is 1. The van der Waals surface area contributed by atoms with Gasteiger partial charge in [-0.1, -0.05) is 18.7 Å². The van der Waals surface area contributed by atoms with Crippen molar-refractivity contribution < 1.29 is 14.4 Å². The van der Waals surface area contributed by atoms with Crippen LogP contribution in [-0.2, 0) is 16.1 Å². The predicted molar refractivity (Wildman–Crippen MR) is 111 cm³/mol. The molecule has 0 radical (unpaired) electrons. The lowest BCUT2D eigenvalue weighted by Gasteiger charge is -2.09. The van der Waals surface area contributed by atoms with Gasteiger partial charge in [0.2, 0.25) is 11.8 Å². The maximum absolute atomic E-state index is 12.5. The third kappa shape index (κ3) is 5.90. The molecule has 0 bridgehead atoms. The Morgan fingerprint density at radius 2 is 1.90 bits per heavy atom. The monoisotopic (exact) mass is 415 g/mol. The van der Waals surface area contributed by atoms with Crippen LogP contribution in [0.25, 0.3) is 0 Å². The number of hydrogen-bond donors (Lipinski definition) is 2. The van der Waals surface area contributed by atoms with E-state index in [1.165, 1.54) is 11.8 Å². The lowest BCUT2D eigenvalue weighted by Crippen LogP contribution is -2.16. The number of carbonyl (C=O) groups is 3. The van der Waals surface area contributed by atoms with Crippen LogP contribution in [0.5, 0.6) is 0 Å². The zero-order chi connectivity index (χ0) is 20.8. The smallest absolute Gasteiger partial charge is 0.224 e. The van der Waals surface area contributed by atoms with Crippen molar-refractivity contribution in [2.45, 2.75) is 56.6 Å². The third-order valence-corrected chi connectivity index (χ3v) is 5.54. The van der Waals surface area contributed by atoms with Gasteiger partial charge in [0, 0.05) is 36.6 Å². The van der Waals surface area contributed by atoms with E-state index in [0.717, 1.165) is 25.1 Å². The maximum Gasteiger partial charge on any atom is 0.224 e. The molecule has 1 aromatic carbocycles. The number of ketones is 1. The largest absolute Gasteiger partial charge is 0.370 e. The topological polar surface area (TPSA) is 120 Å². The molecule has 2 aromatic rings. The highest BCUT2D eigenvalue weighted by Gasteiger charge is 2.30. The van der Waals surface area contributed by atoms with E-state index in [0.29, 0.717) is 35.3 Å².